The molecule has 4 heteroatoms. The summed E-state index contributed by atoms with van der Waals surface area (Å²) in [6.45, 7) is 3.04. The van der Waals surface area contributed by atoms with Gasteiger partial charge in [0.25, 0.3) is 0 Å². The van der Waals surface area contributed by atoms with Crippen LogP contribution >= 0.6 is 15.9 Å². The molecule has 0 aliphatic carbocycles. The fourth-order valence-corrected chi connectivity index (χ4v) is 3.61. The summed E-state index contributed by atoms with van der Waals surface area (Å²) in [5.74, 6) is 1.57. The van der Waals surface area contributed by atoms with Crippen molar-refractivity contribution in [1.82, 2.24) is 0 Å². The Morgan fingerprint density at radius 1 is 1.24 bits per heavy atom. The van der Waals surface area contributed by atoms with Crippen molar-refractivity contribution in [1.29, 1.82) is 0 Å². The lowest BCUT2D eigenvalue weighted by atomic mass is 9.98. The van der Waals surface area contributed by atoms with Crippen molar-refractivity contribution in [3.8, 4) is 11.5 Å². The lowest BCUT2D eigenvalue weighted by Crippen LogP contribution is -2.19. The van der Waals surface area contributed by atoms with Crippen LogP contribution in [0.25, 0.3) is 0 Å². The Balaban J connectivity index is 2.02. The number of methoxy groups -OCH3 is 2. The molecule has 0 N–H and O–H groups in total. The number of alkyl halides is 1. The molecule has 2 unspecified atom stereocenters. The van der Waals surface area contributed by atoms with Crippen LogP contribution in [0.2, 0.25) is 0 Å². The van der Waals surface area contributed by atoms with Crippen LogP contribution in [0.3, 0.4) is 0 Å². The first kappa shape index (κ1) is 16.6. The van der Waals surface area contributed by atoms with Gasteiger partial charge in [0.2, 0.25) is 0 Å². The summed E-state index contributed by atoms with van der Waals surface area (Å²) < 4.78 is 16.6. The molecule has 1 saturated heterocycles. The van der Waals surface area contributed by atoms with E-state index in [1.807, 2.05) is 6.07 Å². The summed E-state index contributed by atoms with van der Waals surface area (Å²) in [4.78, 5) is 0.322. The minimum absolute atomic E-state index is 0.322. The summed E-state index contributed by atoms with van der Waals surface area (Å²) in [5, 5.41) is 0. The van der Waals surface area contributed by atoms with Crippen LogP contribution in [0.4, 0.5) is 0 Å². The molecule has 1 aromatic carbocycles. The monoisotopic (exact) mass is 356 g/mol. The molecular formula is C17H25BrO3. The Bertz CT molecular complexity index is 456. The molecule has 2 rings (SSSR count). The molecule has 3 nitrogen and oxygen atoms in total. The molecule has 0 saturated carbocycles. The van der Waals surface area contributed by atoms with Crippen molar-refractivity contribution in [3.63, 3.8) is 0 Å². The Hall–Kier alpha value is -0.740. The van der Waals surface area contributed by atoms with E-state index in [9.17, 15) is 0 Å². The number of ether oxygens (including phenoxy) is 3. The van der Waals surface area contributed by atoms with E-state index < -0.39 is 0 Å². The van der Waals surface area contributed by atoms with E-state index in [0.29, 0.717) is 10.9 Å². The third-order valence-electron chi connectivity index (χ3n) is 4.13. The third kappa shape index (κ3) is 4.36. The van der Waals surface area contributed by atoms with Gasteiger partial charge in [-0.3, -0.25) is 0 Å². The number of rotatable bonds is 6. The highest BCUT2D eigenvalue weighted by Crippen LogP contribution is 2.38. The van der Waals surface area contributed by atoms with Gasteiger partial charge in [-0.25, -0.2) is 0 Å². The van der Waals surface area contributed by atoms with Crippen molar-refractivity contribution in [3.05, 3.63) is 23.3 Å². The Kier molecular flexibility index (Phi) is 6.37. The van der Waals surface area contributed by atoms with E-state index in [0.717, 1.165) is 30.9 Å². The van der Waals surface area contributed by atoms with Gasteiger partial charge < -0.3 is 14.2 Å². The predicted molar refractivity (Wildman–Crippen MR) is 88.8 cm³/mol. The zero-order valence-electron chi connectivity index (χ0n) is 13.2. The molecular weight excluding hydrogens is 332 g/mol. The van der Waals surface area contributed by atoms with E-state index in [2.05, 4.69) is 28.9 Å². The highest BCUT2D eigenvalue weighted by Gasteiger charge is 2.19. The van der Waals surface area contributed by atoms with Crippen LogP contribution in [0.5, 0.6) is 11.5 Å². The normalized spacial score (nSPS) is 20.1. The molecule has 0 spiro atoms. The molecule has 0 bridgehead atoms. The maximum Gasteiger partial charge on any atom is 0.161 e. The van der Waals surface area contributed by atoms with E-state index >= 15 is 0 Å². The lowest BCUT2D eigenvalue weighted by molar-refractivity contribution is 0.0101. The van der Waals surface area contributed by atoms with Gasteiger partial charge in [-0.15, -0.1) is 0 Å². The van der Waals surface area contributed by atoms with Crippen molar-refractivity contribution in [2.45, 2.75) is 50.0 Å². The molecule has 1 heterocycles. The second-order valence-electron chi connectivity index (χ2n) is 5.60. The molecule has 0 amide bonds. The summed E-state index contributed by atoms with van der Waals surface area (Å²) in [5.41, 5.74) is 2.49. The minimum atomic E-state index is 0.322. The summed E-state index contributed by atoms with van der Waals surface area (Å²) in [6, 6.07) is 4.12. The van der Waals surface area contributed by atoms with Crippen LogP contribution < -0.4 is 9.47 Å². The lowest BCUT2D eigenvalue weighted by Gasteiger charge is -2.24. The van der Waals surface area contributed by atoms with Gasteiger partial charge in [-0.05, 0) is 62.3 Å². The van der Waals surface area contributed by atoms with Gasteiger partial charge in [0.1, 0.15) is 0 Å². The third-order valence-corrected chi connectivity index (χ3v) is 5.08. The summed E-state index contributed by atoms with van der Waals surface area (Å²) in [6.07, 6.45) is 6.31. The van der Waals surface area contributed by atoms with E-state index in [-0.39, 0.29) is 0 Å². The van der Waals surface area contributed by atoms with Gasteiger partial charge in [0.05, 0.1) is 20.3 Å². The highest BCUT2D eigenvalue weighted by atomic mass is 79.9. The second-order valence-corrected chi connectivity index (χ2v) is 6.70. The van der Waals surface area contributed by atoms with Crippen LogP contribution in [0.15, 0.2) is 12.1 Å². The van der Waals surface area contributed by atoms with Crippen LogP contribution in [-0.2, 0) is 4.74 Å². The molecule has 1 fully saturated rings. The van der Waals surface area contributed by atoms with Gasteiger partial charge in [0.15, 0.2) is 11.5 Å². The highest BCUT2D eigenvalue weighted by molar-refractivity contribution is 9.09. The number of halogens is 1. The quantitative estimate of drug-likeness (QED) is 0.685. The molecule has 21 heavy (non-hydrogen) atoms. The predicted octanol–water partition coefficient (Wildman–Crippen LogP) is 4.80. The Morgan fingerprint density at radius 3 is 2.57 bits per heavy atom. The number of aryl methyl sites for hydroxylation is 1. The first-order chi connectivity index (χ1) is 10.2. The molecule has 0 radical (unpaired) electrons. The van der Waals surface area contributed by atoms with E-state index in [4.69, 9.17) is 14.2 Å². The maximum absolute atomic E-state index is 5.81. The van der Waals surface area contributed by atoms with Crippen LogP contribution in [0, 0.1) is 6.92 Å². The van der Waals surface area contributed by atoms with Gasteiger partial charge in [-0.1, -0.05) is 15.9 Å². The van der Waals surface area contributed by atoms with Gasteiger partial charge in [0, 0.05) is 11.4 Å². The second kappa shape index (κ2) is 8.04. The van der Waals surface area contributed by atoms with Gasteiger partial charge in [-0.2, -0.15) is 0 Å². The zero-order chi connectivity index (χ0) is 15.2. The summed E-state index contributed by atoms with van der Waals surface area (Å²) in [7, 11) is 3.35. The SMILES string of the molecule is COc1cc(C)c(C(Br)CCC2CCCCO2)cc1OC. The zero-order valence-corrected chi connectivity index (χ0v) is 14.7. The molecule has 1 aromatic rings. The average Bonchev–Trinajstić information content (AvgIpc) is 2.53. The number of benzene rings is 1. The molecule has 118 valence electrons. The number of hydrogen-bond acceptors (Lipinski definition) is 3. The first-order valence-electron chi connectivity index (χ1n) is 7.64. The van der Waals surface area contributed by atoms with Crippen molar-refractivity contribution >= 4 is 15.9 Å². The standard InChI is InChI=1S/C17H25BrO3/c1-12-10-16(19-2)17(20-3)11-14(12)15(18)8-7-13-6-4-5-9-21-13/h10-11,13,15H,4-9H2,1-3H3. The van der Waals surface area contributed by atoms with Crippen LogP contribution in [0.1, 0.15) is 48.1 Å². The molecule has 1 aliphatic rings. The molecule has 2 atom stereocenters. The largest absolute Gasteiger partial charge is 0.493 e. The maximum atomic E-state index is 5.81. The topological polar surface area (TPSA) is 27.7 Å². The van der Waals surface area contributed by atoms with Crippen molar-refractivity contribution < 1.29 is 14.2 Å². The van der Waals surface area contributed by atoms with E-state index in [1.165, 1.54) is 30.4 Å². The van der Waals surface area contributed by atoms with Crippen molar-refractivity contribution in [2.24, 2.45) is 0 Å². The van der Waals surface area contributed by atoms with E-state index in [1.54, 1.807) is 14.2 Å². The average molecular weight is 357 g/mol. The fourth-order valence-electron chi connectivity index (χ4n) is 2.86. The molecule has 1 aliphatic heterocycles. The van der Waals surface area contributed by atoms with Gasteiger partial charge >= 0.3 is 0 Å². The first-order valence-corrected chi connectivity index (χ1v) is 8.55. The van der Waals surface area contributed by atoms with Crippen molar-refractivity contribution in [2.75, 3.05) is 20.8 Å². The fraction of sp³-hybridized carbons (Fsp3) is 0.647. The number of hydrogen-bond donors (Lipinski definition) is 0. The summed E-state index contributed by atoms with van der Waals surface area (Å²) >= 11 is 3.82. The Morgan fingerprint density at radius 2 is 1.95 bits per heavy atom. The minimum Gasteiger partial charge on any atom is -0.493 e. The smallest absolute Gasteiger partial charge is 0.161 e. The Labute approximate surface area is 136 Å². The molecule has 0 aromatic heterocycles. The van der Waals surface area contributed by atoms with Crippen LogP contribution in [-0.4, -0.2) is 26.9 Å².